The largest absolute Gasteiger partial charge is 0.496 e. The fourth-order valence-electron chi connectivity index (χ4n) is 1.40. The first-order valence-corrected chi connectivity index (χ1v) is 4.52. The second kappa shape index (κ2) is 3.30. The lowest BCUT2D eigenvalue weighted by Gasteiger charge is -2.06. The van der Waals surface area contributed by atoms with Crippen molar-refractivity contribution in [3.8, 4) is 5.75 Å². The molecule has 0 aromatic heterocycles. The van der Waals surface area contributed by atoms with E-state index in [0.29, 0.717) is 0 Å². The summed E-state index contributed by atoms with van der Waals surface area (Å²) in [6, 6.07) is 12.1. The molecule has 0 unspecified atom stereocenters. The normalized spacial score (nSPS) is 10.3. The Morgan fingerprint density at radius 3 is 2.62 bits per heavy atom. The Balaban J connectivity index is 2.79. The smallest absolute Gasteiger partial charge is 0.132 e. The third-order valence-corrected chi connectivity index (χ3v) is 2.54. The second-order valence-corrected chi connectivity index (χ2v) is 3.28. The van der Waals surface area contributed by atoms with Crippen molar-refractivity contribution in [2.24, 2.45) is 0 Å². The molecular formula is C11H10OS. The molecule has 0 aliphatic carbocycles. The van der Waals surface area contributed by atoms with Gasteiger partial charge in [-0.15, -0.1) is 12.6 Å². The molecule has 0 saturated heterocycles. The number of fused-ring (bicyclic) bond motifs is 1. The quantitative estimate of drug-likeness (QED) is 0.680. The number of rotatable bonds is 1. The van der Waals surface area contributed by atoms with Crippen molar-refractivity contribution in [3.63, 3.8) is 0 Å². The van der Waals surface area contributed by atoms with E-state index in [1.54, 1.807) is 7.11 Å². The third kappa shape index (κ3) is 1.38. The fraction of sp³-hybridized carbons (Fsp3) is 0.0909. The van der Waals surface area contributed by atoms with Gasteiger partial charge < -0.3 is 4.74 Å². The van der Waals surface area contributed by atoms with Gasteiger partial charge in [-0.3, -0.25) is 0 Å². The van der Waals surface area contributed by atoms with Crippen LogP contribution in [0.3, 0.4) is 0 Å². The monoisotopic (exact) mass is 190 g/mol. The van der Waals surface area contributed by atoms with Gasteiger partial charge in [0.15, 0.2) is 0 Å². The summed E-state index contributed by atoms with van der Waals surface area (Å²) in [6.45, 7) is 0. The van der Waals surface area contributed by atoms with Gasteiger partial charge in [0.05, 0.1) is 12.0 Å². The molecule has 0 radical (unpaired) electrons. The van der Waals surface area contributed by atoms with E-state index in [0.717, 1.165) is 16.0 Å². The molecule has 0 fully saturated rings. The van der Waals surface area contributed by atoms with Gasteiger partial charge in [0.25, 0.3) is 0 Å². The first kappa shape index (κ1) is 8.45. The highest BCUT2D eigenvalue weighted by Crippen LogP contribution is 2.30. The summed E-state index contributed by atoms with van der Waals surface area (Å²) in [5.41, 5.74) is 0. The summed E-state index contributed by atoms with van der Waals surface area (Å²) in [7, 11) is 1.66. The topological polar surface area (TPSA) is 9.23 Å². The van der Waals surface area contributed by atoms with Crippen molar-refractivity contribution in [1.82, 2.24) is 0 Å². The predicted octanol–water partition coefficient (Wildman–Crippen LogP) is 3.14. The molecule has 0 aliphatic rings. The van der Waals surface area contributed by atoms with Crippen LogP contribution >= 0.6 is 12.6 Å². The second-order valence-electron chi connectivity index (χ2n) is 2.84. The van der Waals surface area contributed by atoms with E-state index in [1.165, 1.54) is 5.39 Å². The maximum atomic E-state index is 5.18. The van der Waals surface area contributed by atoms with Crippen LogP contribution in [0.25, 0.3) is 10.8 Å². The molecule has 66 valence electrons. The van der Waals surface area contributed by atoms with Crippen LogP contribution in [0.2, 0.25) is 0 Å². The number of benzene rings is 2. The summed E-state index contributed by atoms with van der Waals surface area (Å²) in [6.07, 6.45) is 0. The van der Waals surface area contributed by atoms with E-state index in [-0.39, 0.29) is 0 Å². The zero-order valence-electron chi connectivity index (χ0n) is 7.32. The van der Waals surface area contributed by atoms with E-state index in [1.807, 2.05) is 30.3 Å². The van der Waals surface area contributed by atoms with Gasteiger partial charge in [-0.1, -0.05) is 30.3 Å². The molecule has 0 atom stereocenters. The Bertz CT molecular complexity index is 437. The fourth-order valence-corrected chi connectivity index (χ4v) is 1.77. The van der Waals surface area contributed by atoms with Gasteiger partial charge in [-0.05, 0) is 16.8 Å². The number of hydrogen-bond acceptors (Lipinski definition) is 2. The lowest BCUT2D eigenvalue weighted by atomic mass is 10.1. The molecule has 0 N–H and O–H groups in total. The molecule has 0 aliphatic heterocycles. The lowest BCUT2D eigenvalue weighted by molar-refractivity contribution is 0.406. The molecule has 0 amide bonds. The van der Waals surface area contributed by atoms with Crippen LogP contribution in [0, 0.1) is 0 Å². The van der Waals surface area contributed by atoms with Gasteiger partial charge in [-0.2, -0.15) is 0 Å². The van der Waals surface area contributed by atoms with Crippen LogP contribution < -0.4 is 4.74 Å². The Morgan fingerprint density at radius 2 is 1.85 bits per heavy atom. The molecule has 0 saturated carbocycles. The molecule has 2 heteroatoms. The van der Waals surface area contributed by atoms with Gasteiger partial charge in [0.1, 0.15) is 5.75 Å². The molecule has 1 nitrogen and oxygen atoms in total. The zero-order chi connectivity index (χ0) is 9.26. The van der Waals surface area contributed by atoms with Crippen LogP contribution in [0.5, 0.6) is 5.75 Å². The summed E-state index contributed by atoms with van der Waals surface area (Å²) >= 11 is 4.42. The molecule has 2 aromatic rings. The van der Waals surface area contributed by atoms with Crippen molar-refractivity contribution < 1.29 is 4.74 Å². The minimum Gasteiger partial charge on any atom is -0.496 e. The van der Waals surface area contributed by atoms with Gasteiger partial charge in [0.2, 0.25) is 0 Å². The average Bonchev–Trinajstić information content (AvgIpc) is 2.19. The first-order valence-electron chi connectivity index (χ1n) is 4.07. The van der Waals surface area contributed by atoms with Crippen molar-refractivity contribution in [3.05, 3.63) is 36.4 Å². The Hall–Kier alpha value is -1.15. The molecule has 0 spiro atoms. The summed E-state index contributed by atoms with van der Waals surface area (Å²) in [4.78, 5) is 0.903. The van der Waals surface area contributed by atoms with Crippen molar-refractivity contribution in [1.29, 1.82) is 0 Å². The minimum atomic E-state index is 0.821. The highest BCUT2D eigenvalue weighted by molar-refractivity contribution is 7.80. The third-order valence-electron chi connectivity index (χ3n) is 2.08. The molecule has 2 rings (SSSR count). The van der Waals surface area contributed by atoms with Crippen LogP contribution in [0.4, 0.5) is 0 Å². The number of thiol groups is 1. The highest BCUT2D eigenvalue weighted by atomic mass is 32.1. The van der Waals surface area contributed by atoms with Crippen LogP contribution in [-0.4, -0.2) is 7.11 Å². The van der Waals surface area contributed by atoms with Gasteiger partial charge in [0, 0.05) is 0 Å². The predicted molar refractivity (Wildman–Crippen MR) is 57.8 cm³/mol. The number of hydrogen-bond donors (Lipinski definition) is 1. The Morgan fingerprint density at radius 1 is 1.08 bits per heavy atom. The summed E-state index contributed by atoms with van der Waals surface area (Å²) in [5, 5.41) is 2.32. The van der Waals surface area contributed by atoms with E-state index in [9.17, 15) is 0 Å². The van der Waals surface area contributed by atoms with Crippen LogP contribution in [0.1, 0.15) is 0 Å². The van der Waals surface area contributed by atoms with E-state index < -0.39 is 0 Å². The molecule has 13 heavy (non-hydrogen) atoms. The highest BCUT2D eigenvalue weighted by Gasteiger charge is 2.02. The van der Waals surface area contributed by atoms with E-state index in [4.69, 9.17) is 4.74 Å². The lowest BCUT2D eigenvalue weighted by Crippen LogP contribution is -1.85. The summed E-state index contributed by atoms with van der Waals surface area (Å²) < 4.78 is 5.18. The van der Waals surface area contributed by atoms with Gasteiger partial charge in [-0.25, -0.2) is 0 Å². The number of methoxy groups -OCH3 is 1. The number of ether oxygens (including phenoxy) is 1. The molecule has 2 aromatic carbocycles. The molecule has 0 heterocycles. The van der Waals surface area contributed by atoms with Gasteiger partial charge >= 0.3 is 0 Å². The van der Waals surface area contributed by atoms with Crippen molar-refractivity contribution in [2.45, 2.75) is 4.90 Å². The average molecular weight is 190 g/mol. The first-order chi connectivity index (χ1) is 6.33. The van der Waals surface area contributed by atoms with E-state index >= 15 is 0 Å². The van der Waals surface area contributed by atoms with E-state index in [2.05, 4.69) is 18.7 Å². The standard InChI is InChI=1S/C11H10OS/c1-12-10-7-6-8-4-2-3-5-9(8)11(10)13/h2-7,13H,1H3. The minimum absolute atomic E-state index is 0.821. The maximum Gasteiger partial charge on any atom is 0.132 e. The van der Waals surface area contributed by atoms with Crippen LogP contribution in [-0.2, 0) is 0 Å². The Kier molecular flexibility index (Phi) is 2.15. The zero-order valence-corrected chi connectivity index (χ0v) is 8.21. The molecule has 0 bridgehead atoms. The maximum absolute atomic E-state index is 5.18. The SMILES string of the molecule is COc1ccc2ccccc2c1S. The van der Waals surface area contributed by atoms with Crippen molar-refractivity contribution in [2.75, 3.05) is 7.11 Å². The van der Waals surface area contributed by atoms with Crippen molar-refractivity contribution >= 4 is 23.4 Å². The van der Waals surface area contributed by atoms with Crippen LogP contribution in [0.15, 0.2) is 41.3 Å². The molecular weight excluding hydrogens is 180 g/mol. The summed E-state index contributed by atoms with van der Waals surface area (Å²) in [5.74, 6) is 0.821. The Labute approximate surface area is 82.7 Å².